The number of nitrogens with one attached hydrogen (secondary N) is 2. The number of nitrogens with two attached hydrogens (primary N) is 1. The van der Waals surface area contributed by atoms with Crippen LogP contribution in [-0.4, -0.2) is 99.2 Å². The molecule has 0 bridgehead atoms. The Morgan fingerprint density at radius 3 is 2.62 bits per heavy atom. The van der Waals surface area contributed by atoms with Gasteiger partial charge in [0.05, 0.1) is 19.4 Å². The third-order valence-corrected chi connectivity index (χ3v) is 6.39. The Bertz CT molecular complexity index is 1100. The molecule has 15 heteroatoms. The molecule has 2 aromatic rings. The molecule has 0 unspecified atom stereocenters. The lowest BCUT2D eigenvalue weighted by Crippen LogP contribution is -2.72. The molecular formula is C24H33F3N4O8. The van der Waals surface area contributed by atoms with Gasteiger partial charge >= 0.3 is 6.18 Å². The fraction of sp³-hybridized carbons (Fsp3) is 0.583. The van der Waals surface area contributed by atoms with Crippen LogP contribution < -0.4 is 20.5 Å². The molecule has 5 atom stereocenters. The van der Waals surface area contributed by atoms with E-state index < -0.39 is 43.0 Å². The molecular weight excluding hydrogens is 529 g/mol. The van der Waals surface area contributed by atoms with Gasteiger partial charge in [-0.05, 0) is 43.1 Å². The van der Waals surface area contributed by atoms with Gasteiger partial charge in [0.25, 0.3) is 0 Å². The minimum absolute atomic E-state index is 0.125. The average Bonchev–Trinajstić information content (AvgIpc) is 3.30. The third kappa shape index (κ3) is 7.17. The average molecular weight is 563 g/mol. The Morgan fingerprint density at radius 2 is 1.97 bits per heavy atom. The van der Waals surface area contributed by atoms with Crippen molar-refractivity contribution in [2.75, 3.05) is 26.3 Å². The van der Waals surface area contributed by atoms with E-state index in [1.54, 1.807) is 12.1 Å². The molecule has 1 saturated heterocycles. The van der Waals surface area contributed by atoms with E-state index in [9.17, 15) is 38.4 Å². The Hall–Kier alpha value is -2.95. The number of benzene rings is 1. The Kier molecular flexibility index (Phi) is 10.1. The number of amides is 1. The number of ether oxygens (including phenoxy) is 3. The van der Waals surface area contributed by atoms with Gasteiger partial charge in [0.1, 0.15) is 24.1 Å². The molecule has 1 amide bonds. The molecule has 39 heavy (non-hydrogen) atoms. The first-order valence-corrected chi connectivity index (χ1v) is 12.2. The molecule has 3 rings (SSSR count). The highest BCUT2D eigenvalue weighted by Crippen LogP contribution is 2.42. The summed E-state index contributed by atoms with van der Waals surface area (Å²) in [6, 6.07) is 5.38. The largest absolute Gasteiger partial charge is 0.494 e. The second-order valence-corrected chi connectivity index (χ2v) is 9.23. The number of aliphatic hydroxyl groups is 4. The van der Waals surface area contributed by atoms with Crippen LogP contribution in [0.25, 0.3) is 0 Å². The number of carbonyl (C=O) groups excluding carboxylic acids is 1. The van der Waals surface area contributed by atoms with Gasteiger partial charge in [0, 0.05) is 24.9 Å². The number of primary amides is 1. The highest BCUT2D eigenvalue weighted by Gasteiger charge is 2.68. The van der Waals surface area contributed by atoms with Crippen LogP contribution in [0.3, 0.4) is 0 Å². The first kappa shape index (κ1) is 30.6. The van der Waals surface area contributed by atoms with E-state index >= 15 is 0 Å². The van der Waals surface area contributed by atoms with Gasteiger partial charge in [-0.3, -0.25) is 4.79 Å². The number of rotatable bonds is 13. The summed E-state index contributed by atoms with van der Waals surface area (Å²) in [5.41, 5.74) is 3.59. The Balaban J connectivity index is 1.62. The van der Waals surface area contributed by atoms with Crippen molar-refractivity contribution in [2.24, 2.45) is 5.73 Å². The van der Waals surface area contributed by atoms with Crippen molar-refractivity contribution in [1.29, 1.82) is 0 Å². The lowest BCUT2D eigenvalue weighted by molar-refractivity contribution is -0.395. The van der Waals surface area contributed by atoms with Crippen LogP contribution in [0.15, 0.2) is 24.4 Å². The zero-order valence-corrected chi connectivity index (χ0v) is 21.1. The molecule has 2 heterocycles. The standard InChI is InChI=1S/C24H33F3N4O8/c1-13-9-16(37-8-2-6-29-7-5-17(28)33)4-3-14(13)10-15-11-30-31-21(15)38-22-19(35)18(34)20(36)23(12-32,39-22)24(25,26)27/h3-4,9,11,18-20,22,29,32,34-36H,2,5-8,10,12H2,1H3,(H2,28,33)(H,30,31)/t18-,19-,20-,22-,23-/m1/s1. The molecule has 1 aromatic heterocycles. The van der Waals surface area contributed by atoms with Crippen LogP contribution >= 0.6 is 0 Å². The number of hydrogen-bond acceptors (Lipinski definition) is 10. The van der Waals surface area contributed by atoms with Crippen molar-refractivity contribution in [3.05, 3.63) is 41.1 Å². The van der Waals surface area contributed by atoms with Gasteiger partial charge in [-0.1, -0.05) is 6.07 Å². The van der Waals surface area contributed by atoms with E-state index in [0.29, 0.717) is 37.4 Å². The van der Waals surface area contributed by atoms with Crippen molar-refractivity contribution in [2.45, 2.75) is 62.6 Å². The van der Waals surface area contributed by atoms with Crippen LogP contribution in [0, 0.1) is 6.92 Å². The maximum Gasteiger partial charge on any atom is 0.422 e. The van der Waals surface area contributed by atoms with Gasteiger partial charge in [-0.25, -0.2) is 5.10 Å². The van der Waals surface area contributed by atoms with Gasteiger partial charge in [0.15, 0.2) is 0 Å². The normalized spacial score (nSPS) is 25.4. The van der Waals surface area contributed by atoms with Crippen molar-refractivity contribution in [1.82, 2.24) is 15.5 Å². The van der Waals surface area contributed by atoms with Gasteiger partial charge in [0.2, 0.25) is 23.7 Å². The predicted molar refractivity (Wildman–Crippen MR) is 129 cm³/mol. The van der Waals surface area contributed by atoms with E-state index in [-0.39, 0.29) is 24.6 Å². The summed E-state index contributed by atoms with van der Waals surface area (Å²) < 4.78 is 57.0. The van der Waals surface area contributed by atoms with Gasteiger partial charge in [-0.15, -0.1) is 0 Å². The second kappa shape index (κ2) is 12.9. The van der Waals surface area contributed by atoms with Crippen LogP contribution in [0.1, 0.15) is 29.5 Å². The number of H-pyrrole nitrogens is 1. The zero-order valence-electron chi connectivity index (χ0n) is 21.1. The van der Waals surface area contributed by atoms with E-state index in [2.05, 4.69) is 15.5 Å². The number of aromatic nitrogens is 2. The third-order valence-electron chi connectivity index (χ3n) is 6.39. The number of aliphatic hydroxyl groups excluding tert-OH is 4. The molecule has 1 aliphatic heterocycles. The summed E-state index contributed by atoms with van der Waals surface area (Å²) in [5.74, 6) is 0.142. The molecule has 0 aliphatic carbocycles. The number of carbonyl (C=O) groups is 1. The maximum absolute atomic E-state index is 13.7. The van der Waals surface area contributed by atoms with Gasteiger partial charge in [-0.2, -0.15) is 18.3 Å². The highest BCUT2D eigenvalue weighted by molar-refractivity contribution is 5.73. The van der Waals surface area contributed by atoms with E-state index in [4.69, 9.17) is 19.9 Å². The number of halogens is 3. The predicted octanol–water partition coefficient (Wildman–Crippen LogP) is -0.346. The molecule has 8 N–H and O–H groups in total. The number of aryl methyl sites for hydroxylation is 1. The maximum atomic E-state index is 13.7. The van der Waals surface area contributed by atoms with Crippen LogP contribution in [0.2, 0.25) is 0 Å². The van der Waals surface area contributed by atoms with Crippen LogP contribution in [0.5, 0.6) is 11.6 Å². The van der Waals surface area contributed by atoms with Crippen molar-refractivity contribution in [3.63, 3.8) is 0 Å². The molecule has 1 aromatic carbocycles. The second-order valence-electron chi connectivity index (χ2n) is 9.23. The number of hydrogen-bond donors (Lipinski definition) is 7. The first-order valence-electron chi connectivity index (χ1n) is 12.2. The summed E-state index contributed by atoms with van der Waals surface area (Å²) in [5, 5.41) is 49.1. The SMILES string of the molecule is Cc1cc(OCCCNCCC(N)=O)ccc1Cc1cn[nH]c1O[C@@H]1O[C@@](CO)(C(F)(F)F)[C@H](O)[C@H](O)[C@H]1O. The summed E-state index contributed by atoms with van der Waals surface area (Å²) in [6.45, 7) is 1.74. The fourth-order valence-corrected chi connectivity index (χ4v) is 4.05. The molecule has 1 aliphatic rings. The Morgan fingerprint density at radius 1 is 1.23 bits per heavy atom. The minimum Gasteiger partial charge on any atom is -0.494 e. The lowest BCUT2D eigenvalue weighted by atomic mass is 9.86. The minimum atomic E-state index is -5.29. The molecule has 0 spiro atoms. The molecule has 0 saturated carbocycles. The number of aromatic amines is 1. The van der Waals surface area contributed by atoms with Crippen LogP contribution in [0.4, 0.5) is 13.2 Å². The van der Waals surface area contributed by atoms with Crippen molar-refractivity contribution >= 4 is 5.91 Å². The molecule has 1 fully saturated rings. The Labute approximate surface area is 221 Å². The van der Waals surface area contributed by atoms with Crippen LogP contribution in [-0.2, 0) is 16.0 Å². The highest BCUT2D eigenvalue weighted by atomic mass is 19.4. The van der Waals surface area contributed by atoms with E-state index in [1.807, 2.05) is 13.0 Å². The van der Waals surface area contributed by atoms with Crippen molar-refractivity contribution in [3.8, 4) is 11.6 Å². The molecule has 0 radical (unpaired) electrons. The topological polar surface area (TPSA) is 192 Å². The quantitative estimate of drug-likeness (QED) is 0.159. The smallest absolute Gasteiger partial charge is 0.422 e. The number of nitrogens with zero attached hydrogens (tertiary/aromatic N) is 1. The lowest BCUT2D eigenvalue weighted by Gasteiger charge is -2.47. The fourth-order valence-electron chi connectivity index (χ4n) is 4.05. The van der Waals surface area contributed by atoms with E-state index in [0.717, 1.165) is 11.1 Å². The molecule has 12 nitrogen and oxygen atoms in total. The first-order chi connectivity index (χ1) is 18.4. The monoisotopic (exact) mass is 562 g/mol. The summed E-state index contributed by atoms with van der Waals surface area (Å²) in [4.78, 5) is 10.7. The van der Waals surface area contributed by atoms with Crippen molar-refractivity contribution < 1.29 is 52.6 Å². The number of alkyl halides is 3. The van der Waals surface area contributed by atoms with E-state index in [1.165, 1.54) is 6.20 Å². The van der Waals surface area contributed by atoms with Gasteiger partial charge < -0.3 is 45.7 Å². The zero-order chi connectivity index (χ0) is 28.8. The summed E-state index contributed by atoms with van der Waals surface area (Å²) in [6.07, 6.45) is -11.8. The summed E-state index contributed by atoms with van der Waals surface area (Å²) >= 11 is 0. The summed E-state index contributed by atoms with van der Waals surface area (Å²) in [7, 11) is 0. The molecule has 218 valence electrons.